The van der Waals surface area contributed by atoms with E-state index < -0.39 is 0 Å². The summed E-state index contributed by atoms with van der Waals surface area (Å²) in [6.07, 6.45) is 0.965. The molecule has 2 rings (SSSR count). The third-order valence-electron chi connectivity index (χ3n) is 2.30. The molecule has 0 aliphatic heterocycles. The van der Waals surface area contributed by atoms with Gasteiger partial charge in [0.05, 0.1) is 15.7 Å². The van der Waals surface area contributed by atoms with Gasteiger partial charge in [0.2, 0.25) is 0 Å². The second kappa shape index (κ2) is 6.10. The molecule has 0 aliphatic carbocycles. The SMILES string of the molecule is Clc1cc(Br)cc(Cl)c1NCCc1ccsc1. The molecule has 5 heteroatoms. The zero-order valence-electron chi connectivity index (χ0n) is 8.84. The molecule has 1 aromatic heterocycles. The predicted octanol–water partition coefficient (Wildman–Crippen LogP) is 5.47. The Balaban J connectivity index is 1.99. The van der Waals surface area contributed by atoms with Crippen LogP contribution in [-0.2, 0) is 6.42 Å². The van der Waals surface area contributed by atoms with E-state index in [4.69, 9.17) is 23.2 Å². The Hall–Kier alpha value is -0.220. The summed E-state index contributed by atoms with van der Waals surface area (Å²) in [5.41, 5.74) is 2.12. The minimum Gasteiger partial charge on any atom is -0.382 e. The fourth-order valence-electron chi connectivity index (χ4n) is 1.48. The summed E-state index contributed by atoms with van der Waals surface area (Å²) in [5.74, 6) is 0. The van der Waals surface area contributed by atoms with Crippen molar-refractivity contribution in [1.82, 2.24) is 0 Å². The number of thiophene rings is 1. The van der Waals surface area contributed by atoms with Gasteiger partial charge in [-0.1, -0.05) is 39.1 Å². The Kier molecular flexibility index (Phi) is 4.74. The van der Waals surface area contributed by atoms with Gasteiger partial charge in [-0.3, -0.25) is 0 Å². The van der Waals surface area contributed by atoms with Crippen molar-refractivity contribution >= 4 is 56.2 Å². The lowest BCUT2D eigenvalue weighted by molar-refractivity contribution is 1.03. The van der Waals surface area contributed by atoms with Crippen molar-refractivity contribution in [3.05, 3.63) is 49.0 Å². The summed E-state index contributed by atoms with van der Waals surface area (Å²) in [7, 11) is 0. The van der Waals surface area contributed by atoms with Crippen molar-refractivity contribution in [2.45, 2.75) is 6.42 Å². The number of hydrogen-bond acceptors (Lipinski definition) is 2. The quantitative estimate of drug-likeness (QED) is 0.770. The number of rotatable bonds is 4. The van der Waals surface area contributed by atoms with Crippen LogP contribution in [-0.4, -0.2) is 6.54 Å². The number of nitrogens with one attached hydrogen (secondary N) is 1. The molecule has 1 N–H and O–H groups in total. The molecule has 0 spiro atoms. The molecule has 90 valence electrons. The van der Waals surface area contributed by atoms with E-state index >= 15 is 0 Å². The molecule has 0 aliphatic rings. The Morgan fingerprint density at radius 1 is 1.24 bits per heavy atom. The number of halogens is 3. The van der Waals surface area contributed by atoms with Crippen LogP contribution >= 0.6 is 50.5 Å². The predicted molar refractivity (Wildman–Crippen MR) is 80.7 cm³/mol. The Morgan fingerprint density at radius 3 is 2.53 bits per heavy atom. The van der Waals surface area contributed by atoms with Crippen LogP contribution in [0.25, 0.3) is 0 Å². The summed E-state index contributed by atoms with van der Waals surface area (Å²) in [5, 5.41) is 8.76. The minimum atomic E-state index is 0.634. The Morgan fingerprint density at radius 2 is 1.94 bits per heavy atom. The van der Waals surface area contributed by atoms with Gasteiger partial charge in [-0.25, -0.2) is 0 Å². The number of anilines is 1. The molecule has 1 nitrogen and oxygen atoms in total. The van der Waals surface area contributed by atoms with Gasteiger partial charge < -0.3 is 5.32 Å². The maximum Gasteiger partial charge on any atom is 0.0719 e. The van der Waals surface area contributed by atoms with Crippen LogP contribution in [0.2, 0.25) is 10.0 Å². The van der Waals surface area contributed by atoms with Gasteiger partial charge in [0.15, 0.2) is 0 Å². The molecule has 0 saturated heterocycles. The minimum absolute atomic E-state index is 0.634. The summed E-state index contributed by atoms with van der Waals surface area (Å²) >= 11 is 17.3. The first-order valence-corrected chi connectivity index (χ1v) is 7.55. The highest BCUT2D eigenvalue weighted by Gasteiger charge is 2.06. The molecular formula is C12H10BrCl2NS. The van der Waals surface area contributed by atoms with Crippen molar-refractivity contribution in [3.8, 4) is 0 Å². The van der Waals surface area contributed by atoms with Gasteiger partial charge in [-0.15, -0.1) is 0 Å². The molecule has 0 saturated carbocycles. The highest BCUT2D eigenvalue weighted by Crippen LogP contribution is 2.33. The van der Waals surface area contributed by atoms with E-state index in [2.05, 4.69) is 38.1 Å². The first kappa shape index (κ1) is 13.2. The highest BCUT2D eigenvalue weighted by atomic mass is 79.9. The average molecular weight is 351 g/mol. The van der Waals surface area contributed by atoms with Gasteiger partial charge in [0.1, 0.15) is 0 Å². The van der Waals surface area contributed by atoms with Crippen LogP contribution in [0.4, 0.5) is 5.69 Å². The third kappa shape index (κ3) is 3.62. The molecule has 17 heavy (non-hydrogen) atoms. The normalized spacial score (nSPS) is 10.5. The number of hydrogen-bond donors (Lipinski definition) is 1. The molecule has 0 radical (unpaired) electrons. The van der Waals surface area contributed by atoms with Gasteiger partial charge in [-0.2, -0.15) is 11.3 Å². The third-order valence-corrected chi connectivity index (χ3v) is 4.09. The number of benzene rings is 1. The van der Waals surface area contributed by atoms with E-state index in [1.165, 1.54) is 5.56 Å². The summed E-state index contributed by atoms with van der Waals surface area (Å²) in [4.78, 5) is 0. The fourth-order valence-corrected chi connectivity index (χ4v) is 3.52. The van der Waals surface area contributed by atoms with Crippen molar-refractivity contribution in [2.24, 2.45) is 0 Å². The van der Waals surface area contributed by atoms with Crippen molar-refractivity contribution in [3.63, 3.8) is 0 Å². The maximum absolute atomic E-state index is 6.12. The van der Waals surface area contributed by atoms with Crippen molar-refractivity contribution in [1.29, 1.82) is 0 Å². The molecule has 0 atom stereocenters. The van der Waals surface area contributed by atoms with E-state index in [1.807, 2.05) is 12.1 Å². The van der Waals surface area contributed by atoms with Crippen LogP contribution in [0.5, 0.6) is 0 Å². The van der Waals surface area contributed by atoms with Crippen LogP contribution < -0.4 is 5.32 Å². The molecule has 1 aromatic carbocycles. The molecular weight excluding hydrogens is 341 g/mol. The zero-order chi connectivity index (χ0) is 12.3. The molecule has 1 heterocycles. The smallest absolute Gasteiger partial charge is 0.0719 e. The first-order valence-electron chi connectivity index (χ1n) is 5.06. The lowest BCUT2D eigenvalue weighted by atomic mass is 10.2. The van der Waals surface area contributed by atoms with Crippen LogP contribution in [0.3, 0.4) is 0 Å². The highest BCUT2D eigenvalue weighted by molar-refractivity contribution is 9.10. The molecule has 0 bridgehead atoms. The summed E-state index contributed by atoms with van der Waals surface area (Å²) in [6.45, 7) is 0.817. The summed E-state index contributed by atoms with van der Waals surface area (Å²) < 4.78 is 0.885. The molecule has 0 unspecified atom stereocenters. The van der Waals surface area contributed by atoms with E-state index in [0.717, 1.165) is 23.1 Å². The van der Waals surface area contributed by atoms with E-state index in [0.29, 0.717) is 10.0 Å². The van der Waals surface area contributed by atoms with E-state index in [-0.39, 0.29) is 0 Å². The topological polar surface area (TPSA) is 12.0 Å². The fraction of sp³-hybridized carbons (Fsp3) is 0.167. The maximum atomic E-state index is 6.12. The van der Waals surface area contributed by atoms with E-state index in [9.17, 15) is 0 Å². The van der Waals surface area contributed by atoms with Gasteiger partial charge in [0, 0.05) is 11.0 Å². The van der Waals surface area contributed by atoms with Gasteiger partial charge in [0.25, 0.3) is 0 Å². The van der Waals surface area contributed by atoms with Crippen molar-refractivity contribution < 1.29 is 0 Å². The van der Waals surface area contributed by atoms with Gasteiger partial charge in [-0.05, 0) is 40.9 Å². The summed E-state index contributed by atoms with van der Waals surface area (Å²) in [6, 6.07) is 5.79. The molecule has 2 aromatic rings. The largest absolute Gasteiger partial charge is 0.382 e. The zero-order valence-corrected chi connectivity index (χ0v) is 12.8. The van der Waals surface area contributed by atoms with E-state index in [1.54, 1.807) is 11.3 Å². The van der Waals surface area contributed by atoms with Crippen LogP contribution in [0.15, 0.2) is 33.4 Å². The Bertz CT molecular complexity index is 476. The first-order chi connectivity index (χ1) is 8.16. The average Bonchev–Trinajstić information content (AvgIpc) is 2.74. The van der Waals surface area contributed by atoms with Crippen LogP contribution in [0, 0.1) is 0 Å². The molecule has 0 fully saturated rings. The lowest BCUT2D eigenvalue weighted by Gasteiger charge is -2.10. The Labute approximate surface area is 123 Å². The van der Waals surface area contributed by atoms with Crippen LogP contribution in [0.1, 0.15) is 5.56 Å². The van der Waals surface area contributed by atoms with Gasteiger partial charge >= 0.3 is 0 Å². The second-order valence-electron chi connectivity index (χ2n) is 3.55. The lowest BCUT2D eigenvalue weighted by Crippen LogP contribution is -2.05. The molecule has 0 amide bonds. The second-order valence-corrected chi connectivity index (χ2v) is 6.06. The monoisotopic (exact) mass is 349 g/mol. The van der Waals surface area contributed by atoms with Crippen molar-refractivity contribution in [2.75, 3.05) is 11.9 Å². The standard InChI is InChI=1S/C12H10BrCl2NS/c13-9-5-10(14)12(11(15)6-9)16-3-1-8-2-4-17-7-8/h2,4-7,16H,1,3H2.